The number of carbonyl (C=O) groups is 1. The van der Waals surface area contributed by atoms with E-state index in [-0.39, 0.29) is 23.7 Å². The predicted molar refractivity (Wildman–Crippen MR) is 110 cm³/mol. The van der Waals surface area contributed by atoms with Crippen LogP contribution in [0.5, 0.6) is 0 Å². The average Bonchev–Trinajstić information content (AvgIpc) is 3.20. The van der Waals surface area contributed by atoms with E-state index >= 15 is 0 Å². The summed E-state index contributed by atoms with van der Waals surface area (Å²) in [5.41, 5.74) is 3.19. The van der Waals surface area contributed by atoms with Gasteiger partial charge >= 0.3 is 6.09 Å². The number of nitrogens with zero attached hydrogens (tertiary/aromatic N) is 2. The molecule has 2 aliphatic rings. The van der Waals surface area contributed by atoms with Gasteiger partial charge in [0.1, 0.15) is 6.10 Å². The Morgan fingerprint density at radius 2 is 1.55 bits per heavy atom. The number of hydrogen-bond donors (Lipinski definition) is 1. The van der Waals surface area contributed by atoms with Gasteiger partial charge in [0.2, 0.25) is 0 Å². The molecule has 1 amide bonds. The summed E-state index contributed by atoms with van der Waals surface area (Å²) in [6.45, 7) is 1.25. The van der Waals surface area contributed by atoms with Gasteiger partial charge in [-0.1, -0.05) is 42.5 Å². The van der Waals surface area contributed by atoms with Gasteiger partial charge in [-0.15, -0.1) is 0 Å². The molecule has 5 rings (SSSR count). The molecule has 2 heterocycles. The number of H-pyrrole nitrogens is 1. The maximum absolute atomic E-state index is 12.6. The molecule has 6 nitrogen and oxygen atoms in total. The first kappa shape index (κ1) is 17.9. The number of nitrogens with one attached hydrogen (secondary N) is 1. The van der Waals surface area contributed by atoms with E-state index in [2.05, 4.69) is 22.3 Å². The molecule has 1 aliphatic carbocycles. The molecule has 0 saturated heterocycles. The molecule has 0 radical (unpaired) electrons. The van der Waals surface area contributed by atoms with Crippen molar-refractivity contribution >= 4 is 16.9 Å². The maximum atomic E-state index is 12.6. The summed E-state index contributed by atoms with van der Waals surface area (Å²) < 4.78 is 5.81. The fourth-order valence-electron chi connectivity index (χ4n) is 4.58. The topological polar surface area (TPSA) is 75.3 Å². The molecule has 0 bridgehead atoms. The maximum Gasteiger partial charge on any atom is 0.410 e. The minimum atomic E-state index is -0.225. The summed E-state index contributed by atoms with van der Waals surface area (Å²) in [6, 6.07) is 15.7. The van der Waals surface area contributed by atoms with Crippen LogP contribution in [0.15, 0.2) is 53.3 Å². The lowest BCUT2D eigenvalue weighted by molar-refractivity contribution is 0.0420. The van der Waals surface area contributed by atoms with E-state index in [1.54, 1.807) is 4.90 Å². The number of aromatic amines is 1. The van der Waals surface area contributed by atoms with Crippen LogP contribution in [0.4, 0.5) is 4.79 Å². The van der Waals surface area contributed by atoms with Crippen molar-refractivity contribution in [3.8, 4) is 0 Å². The predicted octanol–water partition coefficient (Wildman–Crippen LogP) is 4.10. The number of carbonyl (C=O) groups excluding carboxylic acids is 1. The zero-order valence-electron chi connectivity index (χ0n) is 16.1. The molecule has 0 unspecified atom stereocenters. The number of hydrogen-bond acceptors (Lipinski definition) is 4. The van der Waals surface area contributed by atoms with Gasteiger partial charge in [0, 0.05) is 24.4 Å². The van der Waals surface area contributed by atoms with Crippen LogP contribution < -0.4 is 5.56 Å². The van der Waals surface area contributed by atoms with Crippen LogP contribution in [0.2, 0.25) is 0 Å². The van der Waals surface area contributed by atoms with Crippen molar-refractivity contribution in [2.75, 3.05) is 0 Å². The second-order valence-electron chi connectivity index (χ2n) is 7.97. The summed E-state index contributed by atoms with van der Waals surface area (Å²) in [7, 11) is 0. The lowest BCUT2D eigenvalue weighted by atomic mass is 9.84. The molecular weight excluding hydrogens is 366 g/mol. The fourth-order valence-corrected chi connectivity index (χ4v) is 4.58. The fraction of sp³-hybridized carbons (Fsp3) is 0.348. The number of benzene rings is 2. The molecule has 1 aromatic heterocycles. The number of amides is 1. The average molecular weight is 389 g/mol. The molecule has 0 spiro atoms. The summed E-state index contributed by atoms with van der Waals surface area (Å²) in [5.74, 6) is 0.266. The van der Waals surface area contributed by atoms with Crippen molar-refractivity contribution in [1.82, 2.24) is 15.1 Å². The molecule has 29 heavy (non-hydrogen) atoms. The third-order valence-electron chi connectivity index (χ3n) is 6.15. The normalized spacial score (nSPS) is 21.2. The lowest BCUT2D eigenvalue weighted by Gasteiger charge is -2.29. The molecule has 1 aliphatic heterocycles. The molecule has 1 fully saturated rings. The van der Waals surface area contributed by atoms with E-state index in [0.717, 1.165) is 36.8 Å². The standard InChI is InChI=1S/C23H23N3O3/c27-22-20-8-4-3-7-19(20)21(24-25-22)15-9-11-18(12-10-15)29-23(28)26-13-16-5-1-2-6-17(16)14-26/h1-8,15,18H,9-14H2,(H,25,27). The third-order valence-corrected chi connectivity index (χ3v) is 6.15. The van der Waals surface area contributed by atoms with E-state index in [1.165, 1.54) is 11.1 Å². The number of fused-ring (bicyclic) bond motifs is 2. The van der Waals surface area contributed by atoms with Crippen LogP contribution in [0.3, 0.4) is 0 Å². The molecule has 1 saturated carbocycles. The molecule has 3 aromatic rings. The van der Waals surface area contributed by atoms with E-state index in [4.69, 9.17) is 4.74 Å². The highest BCUT2D eigenvalue weighted by molar-refractivity contribution is 5.83. The van der Waals surface area contributed by atoms with Crippen molar-refractivity contribution in [2.24, 2.45) is 0 Å². The minimum Gasteiger partial charge on any atom is -0.446 e. The Morgan fingerprint density at radius 1 is 0.931 bits per heavy atom. The largest absolute Gasteiger partial charge is 0.446 e. The molecule has 148 valence electrons. The van der Waals surface area contributed by atoms with Gasteiger partial charge in [-0.2, -0.15) is 5.10 Å². The Hall–Kier alpha value is -3.15. The number of ether oxygens (including phenoxy) is 1. The van der Waals surface area contributed by atoms with Crippen LogP contribution in [0.25, 0.3) is 10.8 Å². The SMILES string of the molecule is O=C(OC1CCC(c2n[nH]c(=O)c3ccccc23)CC1)N1Cc2ccccc2C1. The Labute approximate surface area is 168 Å². The van der Waals surface area contributed by atoms with Gasteiger partial charge in [0.25, 0.3) is 5.56 Å². The van der Waals surface area contributed by atoms with Gasteiger partial charge in [-0.05, 0) is 42.9 Å². The van der Waals surface area contributed by atoms with Crippen molar-refractivity contribution < 1.29 is 9.53 Å². The van der Waals surface area contributed by atoms with Gasteiger partial charge in [0.15, 0.2) is 0 Å². The summed E-state index contributed by atoms with van der Waals surface area (Å²) in [4.78, 5) is 26.4. The van der Waals surface area contributed by atoms with Crippen LogP contribution >= 0.6 is 0 Å². The highest BCUT2D eigenvalue weighted by atomic mass is 16.6. The van der Waals surface area contributed by atoms with Crippen molar-refractivity contribution in [3.63, 3.8) is 0 Å². The summed E-state index contributed by atoms with van der Waals surface area (Å²) in [6.07, 6.45) is 3.12. The van der Waals surface area contributed by atoms with Crippen LogP contribution in [0, 0.1) is 0 Å². The van der Waals surface area contributed by atoms with Gasteiger partial charge < -0.3 is 4.74 Å². The van der Waals surface area contributed by atoms with E-state index in [0.29, 0.717) is 18.5 Å². The molecule has 1 N–H and O–H groups in total. The molecule has 0 atom stereocenters. The molecule has 6 heteroatoms. The van der Waals surface area contributed by atoms with Crippen LogP contribution in [-0.4, -0.2) is 27.3 Å². The van der Waals surface area contributed by atoms with Crippen molar-refractivity contribution in [2.45, 2.75) is 50.8 Å². The number of rotatable bonds is 2. The molecular formula is C23H23N3O3. The smallest absolute Gasteiger partial charge is 0.410 e. The second kappa shape index (κ2) is 7.35. The first-order chi connectivity index (χ1) is 14.2. The van der Waals surface area contributed by atoms with Gasteiger partial charge in [-0.25, -0.2) is 9.89 Å². The zero-order chi connectivity index (χ0) is 19.8. The zero-order valence-corrected chi connectivity index (χ0v) is 16.1. The summed E-state index contributed by atoms with van der Waals surface area (Å²) in [5, 5.41) is 8.58. The minimum absolute atomic E-state index is 0.0588. The first-order valence-electron chi connectivity index (χ1n) is 10.2. The molecule has 2 aromatic carbocycles. The van der Waals surface area contributed by atoms with E-state index < -0.39 is 0 Å². The Kier molecular flexibility index (Phi) is 4.54. The van der Waals surface area contributed by atoms with Crippen molar-refractivity contribution in [3.05, 3.63) is 75.7 Å². The van der Waals surface area contributed by atoms with Gasteiger partial charge in [0.05, 0.1) is 11.1 Å². The Morgan fingerprint density at radius 3 is 2.24 bits per heavy atom. The Balaban J connectivity index is 1.22. The quantitative estimate of drug-likeness (QED) is 0.716. The van der Waals surface area contributed by atoms with Crippen LogP contribution in [-0.2, 0) is 17.8 Å². The number of aromatic nitrogens is 2. The highest BCUT2D eigenvalue weighted by Crippen LogP contribution is 2.36. The van der Waals surface area contributed by atoms with E-state index in [9.17, 15) is 9.59 Å². The van der Waals surface area contributed by atoms with Crippen molar-refractivity contribution in [1.29, 1.82) is 0 Å². The monoisotopic (exact) mass is 389 g/mol. The highest BCUT2D eigenvalue weighted by Gasteiger charge is 2.30. The van der Waals surface area contributed by atoms with Crippen LogP contribution in [0.1, 0.15) is 48.4 Å². The van der Waals surface area contributed by atoms with E-state index in [1.807, 2.05) is 36.4 Å². The van der Waals surface area contributed by atoms with Gasteiger partial charge in [-0.3, -0.25) is 9.69 Å². The summed E-state index contributed by atoms with van der Waals surface area (Å²) >= 11 is 0. The second-order valence-corrected chi connectivity index (χ2v) is 7.97. The lowest BCUT2D eigenvalue weighted by Crippen LogP contribution is -2.32. The third kappa shape index (κ3) is 3.39. The first-order valence-corrected chi connectivity index (χ1v) is 10.2. The Bertz CT molecular complexity index is 1090.